The minimum atomic E-state index is 1.09. The van der Waals surface area contributed by atoms with Crippen molar-refractivity contribution in [3.05, 3.63) is 12.2 Å². The van der Waals surface area contributed by atoms with Crippen molar-refractivity contribution >= 4 is 0 Å². The van der Waals surface area contributed by atoms with E-state index < -0.39 is 0 Å². The Morgan fingerprint density at radius 1 is 0.933 bits per heavy atom. The highest BCUT2D eigenvalue weighted by Gasteiger charge is 2.03. The smallest absolute Gasteiger partial charge is 0.0187 e. The summed E-state index contributed by atoms with van der Waals surface area (Å²) in [5, 5.41) is 0. The summed E-state index contributed by atoms with van der Waals surface area (Å²) in [6, 6.07) is 0. The van der Waals surface area contributed by atoms with Gasteiger partial charge in [0.25, 0.3) is 0 Å². The van der Waals surface area contributed by atoms with Crippen molar-refractivity contribution in [3.63, 3.8) is 0 Å². The second-order valence-corrected chi connectivity index (χ2v) is 4.65. The van der Waals surface area contributed by atoms with Gasteiger partial charge < -0.3 is 0 Å². The maximum atomic E-state index is 4.01. The van der Waals surface area contributed by atoms with Crippen LogP contribution in [-0.2, 0) is 0 Å². The zero-order valence-electron chi connectivity index (χ0n) is 11.0. The predicted octanol–water partition coefficient (Wildman–Crippen LogP) is 4.24. The average molecular weight is 211 g/mol. The first-order valence-electron chi connectivity index (χ1n) is 6.57. The predicted molar refractivity (Wildman–Crippen MR) is 70.3 cm³/mol. The molecule has 15 heavy (non-hydrogen) atoms. The van der Waals surface area contributed by atoms with Crippen LogP contribution in [0.3, 0.4) is 0 Å². The second-order valence-electron chi connectivity index (χ2n) is 4.65. The van der Waals surface area contributed by atoms with Gasteiger partial charge in [0.15, 0.2) is 0 Å². The second kappa shape index (κ2) is 10.2. The lowest BCUT2D eigenvalue weighted by atomic mass is 10.2. The van der Waals surface area contributed by atoms with E-state index in [1.54, 1.807) is 0 Å². The van der Waals surface area contributed by atoms with Crippen LogP contribution in [0.1, 0.15) is 59.3 Å². The Morgan fingerprint density at radius 2 is 1.40 bits per heavy atom. The fourth-order valence-electron chi connectivity index (χ4n) is 1.82. The first-order chi connectivity index (χ1) is 7.20. The van der Waals surface area contributed by atoms with Crippen LogP contribution in [0, 0.1) is 0 Å². The lowest BCUT2D eigenvalue weighted by molar-refractivity contribution is 0.283. The molecule has 0 unspecified atom stereocenters. The molecule has 1 heteroatoms. The van der Waals surface area contributed by atoms with Gasteiger partial charge in [-0.1, -0.05) is 51.7 Å². The summed E-state index contributed by atoms with van der Waals surface area (Å²) in [5.74, 6) is 0. The van der Waals surface area contributed by atoms with E-state index in [-0.39, 0.29) is 0 Å². The molecule has 0 N–H and O–H groups in total. The Hall–Kier alpha value is -0.300. The Morgan fingerprint density at radius 3 is 1.73 bits per heavy atom. The maximum absolute atomic E-state index is 4.01. The summed E-state index contributed by atoms with van der Waals surface area (Å²) < 4.78 is 0. The van der Waals surface area contributed by atoms with E-state index in [1.165, 1.54) is 57.2 Å². The molecule has 0 saturated heterocycles. The molecule has 0 aliphatic carbocycles. The van der Waals surface area contributed by atoms with Crippen molar-refractivity contribution in [1.82, 2.24) is 4.90 Å². The fraction of sp³-hybridized carbons (Fsp3) is 0.857. The van der Waals surface area contributed by atoms with Gasteiger partial charge in [0.1, 0.15) is 0 Å². The van der Waals surface area contributed by atoms with E-state index in [2.05, 4.69) is 32.3 Å². The first-order valence-corrected chi connectivity index (χ1v) is 6.57. The normalized spacial score (nSPS) is 10.9. The van der Waals surface area contributed by atoms with E-state index in [1.807, 2.05) is 0 Å². The van der Waals surface area contributed by atoms with E-state index in [9.17, 15) is 0 Å². The number of unbranched alkanes of at least 4 members (excludes halogenated alkanes) is 4. The molecule has 0 amide bonds. The first kappa shape index (κ1) is 14.7. The number of rotatable bonds is 10. The molecule has 0 spiro atoms. The van der Waals surface area contributed by atoms with E-state index in [0.29, 0.717) is 0 Å². The van der Waals surface area contributed by atoms with Crippen LogP contribution < -0.4 is 0 Å². The van der Waals surface area contributed by atoms with Crippen molar-refractivity contribution in [2.45, 2.75) is 59.3 Å². The van der Waals surface area contributed by atoms with Crippen molar-refractivity contribution in [2.75, 3.05) is 19.6 Å². The molecule has 0 bridgehead atoms. The number of hydrogen-bond donors (Lipinski definition) is 0. The summed E-state index contributed by atoms with van der Waals surface area (Å²) in [7, 11) is 0. The van der Waals surface area contributed by atoms with Gasteiger partial charge in [0.05, 0.1) is 0 Å². The van der Waals surface area contributed by atoms with E-state index in [4.69, 9.17) is 0 Å². The van der Waals surface area contributed by atoms with Crippen LogP contribution in [0.15, 0.2) is 12.2 Å². The lowest BCUT2D eigenvalue weighted by Crippen LogP contribution is -2.27. The summed E-state index contributed by atoms with van der Waals surface area (Å²) in [6.07, 6.45) is 8.04. The van der Waals surface area contributed by atoms with E-state index >= 15 is 0 Å². The van der Waals surface area contributed by atoms with Gasteiger partial charge in [-0.2, -0.15) is 0 Å². The minimum absolute atomic E-state index is 1.09. The van der Waals surface area contributed by atoms with Crippen LogP contribution in [-0.4, -0.2) is 24.5 Å². The van der Waals surface area contributed by atoms with Crippen LogP contribution >= 0.6 is 0 Å². The maximum Gasteiger partial charge on any atom is 0.0187 e. The quantitative estimate of drug-likeness (QED) is 0.386. The Kier molecular flexibility index (Phi) is 10.0. The molecule has 1 nitrogen and oxygen atoms in total. The average Bonchev–Trinajstić information content (AvgIpc) is 2.17. The van der Waals surface area contributed by atoms with Crippen LogP contribution in [0.5, 0.6) is 0 Å². The van der Waals surface area contributed by atoms with E-state index in [0.717, 1.165) is 6.54 Å². The number of hydrogen-bond acceptors (Lipinski definition) is 1. The standard InChI is InChI=1S/C14H29N/c1-5-7-9-11-15(13-14(3)4)12-10-8-6-2/h3,5-13H2,1-2,4H3. The summed E-state index contributed by atoms with van der Waals surface area (Å²) in [5.41, 5.74) is 1.29. The van der Waals surface area contributed by atoms with Gasteiger partial charge >= 0.3 is 0 Å². The third kappa shape index (κ3) is 9.99. The van der Waals surface area contributed by atoms with Crippen LogP contribution in [0.4, 0.5) is 0 Å². The Balaban J connectivity index is 3.68. The van der Waals surface area contributed by atoms with Crippen molar-refractivity contribution < 1.29 is 0 Å². The largest absolute Gasteiger partial charge is 0.299 e. The molecule has 0 atom stereocenters. The molecule has 0 aromatic heterocycles. The molecular weight excluding hydrogens is 182 g/mol. The van der Waals surface area contributed by atoms with Gasteiger partial charge in [0.2, 0.25) is 0 Å². The molecule has 0 aromatic rings. The summed E-state index contributed by atoms with van der Waals surface area (Å²) in [4.78, 5) is 2.56. The third-order valence-corrected chi connectivity index (χ3v) is 2.65. The molecule has 0 saturated carbocycles. The summed E-state index contributed by atoms with van der Waals surface area (Å²) >= 11 is 0. The molecule has 0 aliphatic heterocycles. The van der Waals surface area contributed by atoms with Gasteiger partial charge in [-0.25, -0.2) is 0 Å². The lowest BCUT2D eigenvalue weighted by Gasteiger charge is -2.22. The molecule has 0 fully saturated rings. The zero-order valence-corrected chi connectivity index (χ0v) is 11.0. The number of nitrogens with zero attached hydrogens (tertiary/aromatic N) is 1. The monoisotopic (exact) mass is 211 g/mol. The van der Waals surface area contributed by atoms with Gasteiger partial charge in [0, 0.05) is 6.54 Å². The van der Waals surface area contributed by atoms with Gasteiger partial charge in [-0.05, 0) is 32.9 Å². The molecule has 90 valence electrons. The molecular formula is C14H29N. The SMILES string of the molecule is C=C(C)CN(CCCCC)CCCCC. The Labute approximate surface area is 96.6 Å². The highest BCUT2D eigenvalue weighted by Crippen LogP contribution is 2.04. The topological polar surface area (TPSA) is 3.24 Å². The molecule has 0 heterocycles. The third-order valence-electron chi connectivity index (χ3n) is 2.65. The molecule has 0 radical (unpaired) electrons. The fourth-order valence-corrected chi connectivity index (χ4v) is 1.82. The molecule has 0 aromatic carbocycles. The van der Waals surface area contributed by atoms with Crippen molar-refractivity contribution in [1.29, 1.82) is 0 Å². The van der Waals surface area contributed by atoms with Crippen LogP contribution in [0.25, 0.3) is 0 Å². The molecule has 0 rings (SSSR count). The van der Waals surface area contributed by atoms with Gasteiger partial charge in [-0.15, -0.1) is 0 Å². The highest BCUT2D eigenvalue weighted by atomic mass is 15.1. The Bertz CT molecular complexity index is 141. The molecule has 0 aliphatic rings. The zero-order chi connectivity index (χ0) is 11.5. The minimum Gasteiger partial charge on any atom is -0.299 e. The summed E-state index contributed by atoms with van der Waals surface area (Å²) in [6.45, 7) is 14.3. The van der Waals surface area contributed by atoms with Crippen molar-refractivity contribution in [2.24, 2.45) is 0 Å². The highest BCUT2D eigenvalue weighted by molar-refractivity contribution is 4.91. The van der Waals surface area contributed by atoms with Gasteiger partial charge in [-0.3, -0.25) is 4.90 Å². The van der Waals surface area contributed by atoms with Crippen LogP contribution in [0.2, 0.25) is 0 Å². The van der Waals surface area contributed by atoms with Crippen molar-refractivity contribution in [3.8, 4) is 0 Å².